The Balaban J connectivity index is 1.22. The molecule has 0 saturated carbocycles. The second-order valence-electron chi connectivity index (χ2n) is 8.54. The summed E-state index contributed by atoms with van der Waals surface area (Å²) in [5.41, 5.74) is 1.99. The van der Waals surface area contributed by atoms with Gasteiger partial charge in [0.1, 0.15) is 5.01 Å². The summed E-state index contributed by atoms with van der Waals surface area (Å²) in [7, 11) is 0. The zero-order valence-electron chi connectivity index (χ0n) is 17.2. The van der Waals surface area contributed by atoms with Gasteiger partial charge in [0, 0.05) is 48.7 Å². The molecule has 2 aliphatic heterocycles. The molecule has 29 heavy (non-hydrogen) atoms. The van der Waals surface area contributed by atoms with Gasteiger partial charge in [-0.25, -0.2) is 4.98 Å². The van der Waals surface area contributed by atoms with Gasteiger partial charge in [0.05, 0.1) is 18.8 Å². The van der Waals surface area contributed by atoms with Gasteiger partial charge in [0.2, 0.25) is 12.7 Å². The van der Waals surface area contributed by atoms with Crippen LogP contribution in [-0.2, 0) is 16.8 Å². The number of fused-ring (bicyclic) bond motifs is 1. The molecule has 3 heterocycles. The molecule has 0 aliphatic carbocycles. The maximum Gasteiger partial charge on any atom is 0.238 e. The number of nitrogens with one attached hydrogen (secondary N) is 1. The Labute approximate surface area is 175 Å². The van der Waals surface area contributed by atoms with Gasteiger partial charge in [-0.2, -0.15) is 0 Å². The average Bonchev–Trinajstić information content (AvgIpc) is 3.32. The van der Waals surface area contributed by atoms with Crippen molar-refractivity contribution in [2.45, 2.75) is 32.7 Å². The van der Waals surface area contributed by atoms with E-state index in [9.17, 15) is 4.79 Å². The summed E-state index contributed by atoms with van der Waals surface area (Å²) < 4.78 is 10.7. The number of ether oxygens (including phenoxy) is 2. The highest BCUT2D eigenvalue weighted by Crippen LogP contribution is 2.34. The van der Waals surface area contributed by atoms with Crippen LogP contribution in [0.1, 0.15) is 31.5 Å². The molecule has 0 unspecified atom stereocenters. The molecule has 0 atom stereocenters. The lowest BCUT2D eigenvalue weighted by molar-refractivity contribution is -0.117. The summed E-state index contributed by atoms with van der Waals surface area (Å²) in [6, 6.07) is 5.46. The topological polar surface area (TPSA) is 66.9 Å². The fourth-order valence-electron chi connectivity index (χ4n) is 3.40. The molecule has 156 valence electrons. The van der Waals surface area contributed by atoms with E-state index < -0.39 is 0 Å². The number of hydrogen-bond acceptors (Lipinski definition) is 7. The third-order valence-corrected chi connectivity index (χ3v) is 6.00. The lowest BCUT2D eigenvalue weighted by Crippen LogP contribution is -2.48. The van der Waals surface area contributed by atoms with Gasteiger partial charge in [-0.05, 0) is 12.1 Å². The Morgan fingerprint density at radius 3 is 2.59 bits per heavy atom. The number of piperazine rings is 1. The van der Waals surface area contributed by atoms with E-state index in [1.54, 1.807) is 17.4 Å². The number of hydrogen-bond donors (Lipinski definition) is 1. The van der Waals surface area contributed by atoms with Crippen molar-refractivity contribution in [2.24, 2.45) is 0 Å². The number of anilines is 1. The van der Waals surface area contributed by atoms with Crippen molar-refractivity contribution in [1.29, 1.82) is 0 Å². The lowest BCUT2D eigenvalue weighted by Gasteiger charge is -2.33. The molecular weight excluding hydrogens is 388 g/mol. The first-order valence-corrected chi connectivity index (χ1v) is 10.8. The smallest absolute Gasteiger partial charge is 0.238 e. The number of carbonyl (C=O) groups is 1. The SMILES string of the molecule is CC(C)(C)c1csc(CN2CCN(CC(=O)Nc3ccc4c(c3)OCO4)CC2)n1. The maximum absolute atomic E-state index is 12.4. The summed E-state index contributed by atoms with van der Waals surface area (Å²) in [6.45, 7) is 11.8. The summed E-state index contributed by atoms with van der Waals surface area (Å²) in [6.07, 6.45) is 0. The molecule has 2 aliphatic rings. The number of benzene rings is 1. The standard InChI is InChI=1S/C21H28N4O3S/c1-21(2,3)18-13-29-20(23-18)12-25-8-6-24(7-9-25)11-19(26)22-15-4-5-16-17(10-15)28-14-27-16/h4-5,10,13H,6-9,11-12,14H2,1-3H3,(H,22,26). The van der Waals surface area contributed by atoms with E-state index in [1.807, 2.05) is 12.1 Å². The van der Waals surface area contributed by atoms with Crippen LogP contribution in [0, 0.1) is 0 Å². The van der Waals surface area contributed by atoms with Crippen molar-refractivity contribution in [3.8, 4) is 11.5 Å². The largest absolute Gasteiger partial charge is 0.454 e. The van der Waals surface area contributed by atoms with Gasteiger partial charge in [-0.15, -0.1) is 11.3 Å². The van der Waals surface area contributed by atoms with Gasteiger partial charge < -0.3 is 14.8 Å². The van der Waals surface area contributed by atoms with Crippen LogP contribution in [0.15, 0.2) is 23.6 Å². The van der Waals surface area contributed by atoms with Crippen LogP contribution in [0.25, 0.3) is 0 Å². The summed E-state index contributed by atoms with van der Waals surface area (Å²) in [5, 5.41) is 6.29. The third-order valence-electron chi connectivity index (χ3n) is 5.17. The van der Waals surface area contributed by atoms with E-state index in [2.05, 4.69) is 41.3 Å². The van der Waals surface area contributed by atoms with E-state index in [0.29, 0.717) is 18.0 Å². The molecule has 4 rings (SSSR count). The van der Waals surface area contributed by atoms with Crippen molar-refractivity contribution >= 4 is 22.9 Å². The molecule has 0 spiro atoms. The van der Waals surface area contributed by atoms with Crippen molar-refractivity contribution in [3.05, 3.63) is 34.3 Å². The van der Waals surface area contributed by atoms with E-state index in [1.165, 1.54) is 5.01 Å². The molecule has 1 N–H and O–H groups in total. The van der Waals surface area contributed by atoms with Gasteiger partial charge in [-0.1, -0.05) is 20.8 Å². The van der Waals surface area contributed by atoms with Crippen molar-refractivity contribution in [2.75, 3.05) is 44.8 Å². The number of amides is 1. The molecule has 1 fully saturated rings. The number of aromatic nitrogens is 1. The van der Waals surface area contributed by atoms with Gasteiger partial charge >= 0.3 is 0 Å². The zero-order chi connectivity index (χ0) is 20.4. The molecule has 1 aromatic heterocycles. The summed E-state index contributed by atoms with van der Waals surface area (Å²) in [4.78, 5) is 21.8. The Hall–Kier alpha value is -2.16. The fourth-order valence-corrected chi connectivity index (χ4v) is 4.46. The van der Waals surface area contributed by atoms with Gasteiger partial charge in [0.15, 0.2) is 11.5 Å². The molecule has 7 nitrogen and oxygen atoms in total. The third kappa shape index (κ3) is 5.07. The van der Waals surface area contributed by atoms with Crippen molar-refractivity contribution in [1.82, 2.24) is 14.8 Å². The minimum Gasteiger partial charge on any atom is -0.454 e. The highest BCUT2D eigenvalue weighted by atomic mass is 32.1. The van der Waals surface area contributed by atoms with Gasteiger partial charge in [-0.3, -0.25) is 14.6 Å². The second kappa shape index (κ2) is 8.30. The Bertz CT molecular complexity index is 869. The first-order chi connectivity index (χ1) is 13.9. The van der Waals surface area contributed by atoms with Crippen LogP contribution in [-0.4, -0.2) is 60.2 Å². The molecule has 1 aromatic carbocycles. The molecular formula is C21H28N4O3S. The second-order valence-corrected chi connectivity index (χ2v) is 9.49. The van der Waals surface area contributed by atoms with E-state index in [0.717, 1.165) is 44.1 Å². The normalized spacial score (nSPS) is 17.5. The van der Waals surface area contributed by atoms with Crippen LogP contribution >= 0.6 is 11.3 Å². The van der Waals surface area contributed by atoms with Crippen molar-refractivity contribution < 1.29 is 14.3 Å². The van der Waals surface area contributed by atoms with Crippen LogP contribution in [0.3, 0.4) is 0 Å². The van der Waals surface area contributed by atoms with E-state index in [-0.39, 0.29) is 18.1 Å². The fraction of sp³-hybridized carbons (Fsp3) is 0.524. The first-order valence-electron chi connectivity index (χ1n) is 9.96. The highest BCUT2D eigenvalue weighted by Gasteiger charge is 2.22. The van der Waals surface area contributed by atoms with Crippen LogP contribution in [0.4, 0.5) is 5.69 Å². The summed E-state index contributed by atoms with van der Waals surface area (Å²) >= 11 is 1.74. The number of rotatable bonds is 5. The molecule has 8 heteroatoms. The molecule has 1 amide bonds. The zero-order valence-corrected chi connectivity index (χ0v) is 18.1. The first kappa shape index (κ1) is 20.1. The summed E-state index contributed by atoms with van der Waals surface area (Å²) in [5.74, 6) is 1.38. The lowest BCUT2D eigenvalue weighted by atomic mass is 9.93. The maximum atomic E-state index is 12.4. The number of thiazole rings is 1. The Kier molecular flexibility index (Phi) is 5.76. The molecule has 1 saturated heterocycles. The van der Waals surface area contributed by atoms with Crippen LogP contribution in [0.2, 0.25) is 0 Å². The van der Waals surface area contributed by atoms with E-state index in [4.69, 9.17) is 14.5 Å². The van der Waals surface area contributed by atoms with Crippen LogP contribution in [0.5, 0.6) is 11.5 Å². The average molecular weight is 417 g/mol. The van der Waals surface area contributed by atoms with Gasteiger partial charge in [0.25, 0.3) is 0 Å². The van der Waals surface area contributed by atoms with Crippen LogP contribution < -0.4 is 14.8 Å². The molecule has 2 aromatic rings. The highest BCUT2D eigenvalue weighted by molar-refractivity contribution is 7.09. The van der Waals surface area contributed by atoms with Crippen molar-refractivity contribution in [3.63, 3.8) is 0 Å². The quantitative estimate of drug-likeness (QED) is 0.808. The minimum absolute atomic E-state index is 0.00735. The molecule has 0 radical (unpaired) electrons. The van der Waals surface area contributed by atoms with E-state index >= 15 is 0 Å². The molecule has 0 bridgehead atoms. The predicted octanol–water partition coefficient (Wildman–Crippen LogP) is 2.93. The number of nitrogens with zero attached hydrogens (tertiary/aromatic N) is 3. The monoisotopic (exact) mass is 416 g/mol. The minimum atomic E-state index is -0.00735. The Morgan fingerprint density at radius 2 is 1.86 bits per heavy atom. The predicted molar refractivity (Wildman–Crippen MR) is 114 cm³/mol. The Morgan fingerprint density at radius 1 is 1.14 bits per heavy atom. The number of carbonyl (C=O) groups excluding carboxylic acids is 1.